The quantitative estimate of drug-likeness (QED) is 0.550. The number of thiophene rings is 1. The molecule has 0 unspecified atom stereocenters. The van der Waals surface area contributed by atoms with Gasteiger partial charge in [0.05, 0.1) is 29.4 Å². The van der Waals surface area contributed by atoms with Crippen molar-refractivity contribution in [2.45, 2.75) is 6.54 Å². The Morgan fingerprint density at radius 1 is 1.04 bits per heavy atom. The minimum absolute atomic E-state index is 0.150. The van der Waals surface area contributed by atoms with Gasteiger partial charge in [0.15, 0.2) is 0 Å². The highest BCUT2D eigenvalue weighted by molar-refractivity contribution is 7.17. The van der Waals surface area contributed by atoms with Crippen molar-refractivity contribution in [1.29, 1.82) is 5.26 Å². The summed E-state index contributed by atoms with van der Waals surface area (Å²) in [6, 6.07) is 16.0. The van der Waals surface area contributed by atoms with Crippen LogP contribution in [0.2, 0.25) is 0 Å². The number of hydrogen-bond donors (Lipinski definition) is 0. The summed E-state index contributed by atoms with van der Waals surface area (Å²) >= 11 is 1.24. The minimum Gasteiger partial charge on any atom is -0.288 e. The second-order valence-electron chi connectivity index (χ2n) is 5.89. The van der Waals surface area contributed by atoms with Crippen molar-refractivity contribution in [2.24, 2.45) is 0 Å². The Balaban J connectivity index is 2.00. The summed E-state index contributed by atoms with van der Waals surface area (Å²) in [5, 5.41) is 11.1. The van der Waals surface area contributed by atoms with E-state index in [1.54, 1.807) is 35.7 Å². The molecule has 0 aliphatic carbocycles. The van der Waals surface area contributed by atoms with E-state index < -0.39 is 17.1 Å². The first-order valence-electron chi connectivity index (χ1n) is 8.07. The topological polar surface area (TPSA) is 67.8 Å². The number of rotatable bonds is 3. The SMILES string of the molecule is N#Cc1ccccc1Cn1c(=O)n(-c2ccc(F)cc2)c(=O)c2sccc21. The first kappa shape index (κ1) is 16.9. The monoisotopic (exact) mass is 377 g/mol. The second-order valence-corrected chi connectivity index (χ2v) is 6.81. The molecule has 0 atom stereocenters. The fourth-order valence-electron chi connectivity index (χ4n) is 3.00. The van der Waals surface area contributed by atoms with Crippen LogP contribution in [0.25, 0.3) is 15.9 Å². The summed E-state index contributed by atoms with van der Waals surface area (Å²) in [5.74, 6) is -0.452. The van der Waals surface area contributed by atoms with E-state index in [1.165, 1.54) is 40.2 Å². The van der Waals surface area contributed by atoms with Crippen LogP contribution in [0.1, 0.15) is 11.1 Å². The molecule has 0 fully saturated rings. The summed E-state index contributed by atoms with van der Waals surface area (Å²) in [6.07, 6.45) is 0. The standard InChI is InChI=1S/C20H12FN3O2S/c21-15-5-7-16(8-6-15)24-19(25)18-17(9-10-27-18)23(20(24)26)12-14-4-2-1-3-13(14)11-22/h1-10H,12H2. The average molecular weight is 377 g/mol. The molecule has 27 heavy (non-hydrogen) atoms. The van der Waals surface area contributed by atoms with Gasteiger partial charge in [0.2, 0.25) is 0 Å². The third kappa shape index (κ3) is 2.86. The molecule has 0 aliphatic heterocycles. The van der Waals surface area contributed by atoms with Gasteiger partial charge in [-0.1, -0.05) is 18.2 Å². The molecule has 132 valence electrons. The number of aromatic nitrogens is 2. The number of nitrogens with zero attached hydrogens (tertiary/aromatic N) is 3. The van der Waals surface area contributed by atoms with Crippen molar-refractivity contribution in [3.8, 4) is 11.8 Å². The highest BCUT2D eigenvalue weighted by Gasteiger charge is 2.16. The van der Waals surface area contributed by atoms with Crippen molar-refractivity contribution < 1.29 is 4.39 Å². The molecule has 7 heteroatoms. The Bertz CT molecular complexity index is 1310. The van der Waals surface area contributed by atoms with Gasteiger partial charge in [0, 0.05) is 0 Å². The van der Waals surface area contributed by atoms with Crippen LogP contribution in [0, 0.1) is 17.1 Å². The number of halogens is 1. The highest BCUT2D eigenvalue weighted by atomic mass is 32.1. The van der Waals surface area contributed by atoms with Gasteiger partial charge in [0.25, 0.3) is 5.56 Å². The maximum absolute atomic E-state index is 13.3. The molecule has 0 N–H and O–H groups in total. The van der Waals surface area contributed by atoms with Gasteiger partial charge in [-0.2, -0.15) is 5.26 Å². The molecule has 0 amide bonds. The van der Waals surface area contributed by atoms with Gasteiger partial charge < -0.3 is 0 Å². The lowest BCUT2D eigenvalue weighted by Crippen LogP contribution is -2.38. The summed E-state index contributed by atoms with van der Waals surface area (Å²) in [4.78, 5) is 26.0. The lowest BCUT2D eigenvalue weighted by Gasteiger charge is -2.13. The van der Waals surface area contributed by atoms with Crippen molar-refractivity contribution in [2.75, 3.05) is 0 Å². The van der Waals surface area contributed by atoms with Crippen molar-refractivity contribution in [3.63, 3.8) is 0 Å². The zero-order chi connectivity index (χ0) is 19.0. The van der Waals surface area contributed by atoms with E-state index in [-0.39, 0.29) is 6.54 Å². The zero-order valence-electron chi connectivity index (χ0n) is 13.9. The van der Waals surface area contributed by atoms with Crippen molar-refractivity contribution in [3.05, 3.63) is 97.8 Å². The molecule has 4 aromatic rings. The number of hydrogen-bond acceptors (Lipinski definition) is 4. The van der Waals surface area contributed by atoms with Crippen LogP contribution in [0.15, 0.2) is 69.6 Å². The maximum Gasteiger partial charge on any atom is 0.336 e. The number of nitriles is 1. The van der Waals surface area contributed by atoms with Crippen LogP contribution in [-0.4, -0.2) is 9.13 Å². The summed E-state index contributed by atoms with van der Waals surface area (Å²) in [5.41, 5.74) is 0.975. The van der Waals surface area contributed by atoms with Crippen molar-refractivity contribution >= 4 is 21.6 Å². The van der Waals surface area contributed by atoms with Gasteiger partial charge in [0.1, 0.15) is 10.5 Å². The average Bonchev–Trinajstić information content (AvgIpc) is 3.17. The Kier molecular flexibility index (Phi) is 4.18. The van der Waals surface area contributed by atoms with Crippen LogP contribution >= 0.6 is 11.3 Å². The molecule has 2 aromatic heterocycles. The van der Waals surface area contributed by atoms with Gasteiger partial charge in [-0.25, -0.2) is 13.8 Å². The Hall–Kier alpha value is -3.50. The van der Waals surface area contributed by atoms with Crippen LogP contribution in [0.3, 0.4) is 0 Å². The van der Waals surface area contributed by atoms with E-state index in [1.807, 2.05) is 0 Å². The molecule has 2 aromatic carbocycles. The predicted octanol–water partition coefficient (Wildman–Crippen LogP) is 3.27. The number of benzene rings is 2. The molecule has 5 nitrogen and oxygen atoms in total. The van der Waals surface area contributed by atoms with Crippen LogP contribution in [0.5, 0.6) is 0 Å². The van der Waals surface area contributed by atoms with E-state index in [0.29, 0.717) is 27.0 Å². The molecular weight excluding hydrogens is 365 g/mol. The largest absolute Gasteiger partial charge is 0.336 e. The van der Waals surface area contributed by atoms with Crippen LogP contribution in [-0.2, 0) is 6.54 Å². The summed E-state index contributed by atoms with van der Waals surface area (Å²) < 4.78 is 16.2. The van der Waals surface area contributed by atoms with E-state index in [0.717, 1.165) is 4.57 Å². The second kappa shape index (κ2) is 6.67. The van der Waals surface area contributed by atoms with Crippen molar-refractivity contribution in [1.82, 2.24) is 9.13 Å². The maximum atomic E-state index is 13.3. The summed E-state index contributed by atoms with van der Waals surface area (Å²) in [7, 11) is 0. The third-order valence-electron chi connectivity index (χ3n) is 4.31. The third-order valence-corrected chi connectivity index (χ3v) is 5.20. The molecule has 4 rings (SSSR count). The Labute approximate surface area is 156 Å². The van der Waals surface area contributed by atoms with E-state index in [2.05, 4.69) is 6.07 Å². The van der Waals surface area contributed by atoms with E-state index in [4.69, 9.17) is 0 Å². The molecular formula is C20H12FN3O2S. The normalized spacial score (nSPS) is 10.8. The first-order valence-corrected chi connectivity index (χ1v) is 8.95. The van der Waals surface area contributed by atoms with Gasteiger partial charge in [-0.3, -0.25) is 9.36 Å². The summed E-state index contributed by atoms with van der Waals surface area (Å²) in [6.45, 7) is 0.150. The van der Waals surface area contributed by atoms with Crippen LogP contribution < -0.4 is 11.2 Å². The Morgan fingerprint density at radius 2 is 1.78 bits per heavy atom. The molecule has 0 aliphatic rings. The minimum atomic E-state index is -0.537. The smallest absolute Gasteiger partial charge is 0.288 e. The molecule has 2 heterocycles. The van der Waals surface area contributed by atoms with E-state index >= 15 is 0 Å². The lowest BCUT2D eigenvalue weighted by molar-refractivity contribution is 0.626. The fraction of sp³-hybridized carbons (Fsp3) is 0.0500. The molecule has 0 saturated heterocycles. The first-order chi connectivity index (χ1) is 13.1. The molecule has 0 radical (unpaired) electrons. The number of fused-ring (bicyclic) bond motifs is 1. The fourth-order valence-corrected chi connectivity index (χ4v) is 3.82. The van der Waals surface area contributed by atoms with Crippen LogP contribution in [0.4, 0.5) is 4.39 Å². The molecule has 0 spiro atoms. The highest BCUT2D eigenvalue weighted by Crippen LogP contribution is 2.18. The van der Waals surface area contributed by atoms with Gasteiger partial charge in [-0.15, -0.1) is 11.3 Å². The lowest BCUT2D eigenvalue weighted by atomic mass is 10.1. The molecule has 0 saturated carbocycles. The zero-order valence-corrected chi connectivity index (χ0v) is 14.7. The Morgan fingerprint density at radius 3 is 2.52 bits per heavy atom. The van der Waals surface area contributed by atoms with E-state index in [9.17, 15) is 19.2 Å². The van der Waals surface area contributed by atoms with Gasteiger partial charge >= 0.3 is 5.69 Å². The molecule has 0 bridgehead atoms. The van der Waals surface area contributed by atoms with Gasteiger partial charge in [-0.05, 0) is 47.3 Å². The predicted molar refractivity (Wildman–Crippen MR) is 102 cm³/mol.